The molecule has 0 spiro atoms. The van der Waals surface area contributed by atoms with Crippen molar-refractivity contribution in [2.75, 3.05) is 11.9 Å². The molecule has 1 amide bonds. The van der Waals surface area contributed by atoms with E-state index in [1.54, 1.807) is 42.6 Å². The maximum atomic E-state index is 13.0. The molecule has 0 aliphatic rings. The minimum absolute atomic E-state index is 0.124. The summed E-state index contributed by atoms with van der Waals surface area (Å²) >= 11 is 0. The molecule has 1 aromatic carbocycles. The summed E-state index contributed by atoms with van der Waals surface area (Å²) in [6.07, 6.45) is 0.427. The van der Waals surface area contributed by atoms with E-state index in [-0.39, 0.29) is 24.8 Å². The molecule has 2 N–H and O–H groups in total. The van der Waals surface area contributed by atoms with Gasteiger partial charge in [-0.3, -0.25) is 4.79 Å². The molecule has 0 radical (unpaired) electrons. The molecular formula is C20H23FN6O3. The summed E-state index contributed by atoms with van der Waals surface area (Å²) in [5.74, 6) is 0.0611. The zero-order chi connectivity index (χ0) is 21.5. The summed E-state index contributed by atoms with van der Waals surface area (Å²) in [6, 6.07) is 9.01. The van der Waals surface area contributed by atoms with Crippen LogP contribution in [0.25, 0.3) is 5.65 Å². The smallest absolute Gasteiger partial charge is 0.328 e. The Morgan fingerprint density at radius 3 is 2.67 bits per heavy atom. The van der Waals surface area contributed by atoms with Crippen LogP contribution < -0.4 is 10.6 Å². The predicted molar refractivity (Wildman–Crippen MR) is 107 cm³/mol. The number of hydrogen-bond acceptors (Lipinski definition) is 7. The number of hydrogen-bond donors (Lipinski definition) is 2. The van der Waals surface area contributed by atoms with Gasteiger partial charge in [-0.1, -0.05) is 12.1 Å². The van der Waals surface area contributed by atoms with Crippen LogP contribution in [-0.4, -0.2) is 44.3 Å². The molecule has 158 valence electrons. The van der Waals surface area contributed by atoms with Gasteiger partial charge in [0.15, 0.2) is 11.5 Å². The fourth-order valence-corrected chi connectivity index (χ4v) is 2.74. The fourth-order valence-electron chi connectivity index (χ4n) is 2.74. The van der Waals surface area contributed by atoms with E-state index in [4.69, 9.17) is 4.74 Å². The van der Waals surface area contributed by atoms with Crippen LogP contribution in [0.15, 0.2) is 36.4 Å². The largest absolute Gasteiger partial charge is 0.464 e. The highest BCUT2D eigenvalue weighted by molar-refractivity contribution is 5.84. The van der Waals surface area contributed by atoms with E-state index in [2.05, 4.69) is 25.9 Å². The molecule has 0 aliphatic heterocycles. The van der Waals surface area contributed by atoms with Crippen LogP contribution in [0.3, 0.4) is 0 Å². The van der Waals surface area contributed by atoms with Gasteiger partial charge in [0.25, 0.3) is 0 Å². The molecule has 10 heteroatoms. The number of nitrogens with one attached hydrogen (secondary N) is 2. The first-order valence-corrected chi connectivity index (χ1v) is 9.62. The Morgan fingerprint density at radius 2 is 1.93 bits per heavy atom. The second kappa shape index (κ2) is 9.77. The highest BCUT2D eigenvalue weighted by Crippen LogP contribution is 2.11. The maximum Gasteiger partial charge on any atom is 0.328 e. The van der Waals surface area contributed by atoms with Gasteiger partial charge >= 0.3 is 5.97 Å². The molecule has 1 unspecified atom stereocenters. The van der Waals surface area contributed by atoms with E-state index in [9.17, 15) is 14.0 Å². The Morgan fingerprint density at radius 1 is 1.17 bits per heavy atom. The number of aryl methyl sites for hydroxylation is 1. The first kappa shape index (κ1) is 21.2. The lowest BCUT2D eigenvalue weighted by atomic mass is 10.2. The van der Waals surface area contributed by atoms with Crippen LogP contribution in [-0.2, 0) is 27.3 Å². The van der Waals surface area contributed by atoms with E-state index < -0.39 is 12.0 Å². The van der Waals surface area contributed by atoms with Gasteiger partial charge in [0, 0.05) is 19.4 Å². The molecule has 0 aliphatic carbocycles. The topological polar surface area (TPSA) is 111 Å². The summed E-state index contributed by atoms with van der Waals surface area (Å²) in [7, 11) is 0. The molecule has 0 saturated carbocycles. The quantitative estimate of drug-likeness (QED) is 0.514. The lowest BCUT2D eigenvalue weighted by Crippen LogP contribution is -2.39. The van der Waals surface area contributed by atoms with Crippen molar-refractivity contribution in [1.29, 1.82) is 0 Å². The number of anilines is 1. The number of esters is 1. The molecule has 0 bridgehead atoms. The van der Waals surface area contributed by atoms with Crippen LogP contribution in [0.1, 0.15) is 31.7 Å². The van der Waals surface area contributed by atoms with Crippen molar-refractivity contribution in [3.05, 3.63) is 53.6 Å². The highest BCUT2D eigenvalue weighted by Gasteiger charge is 2.17. The molecule has 3 rings (SSSR count). The van der Waals surface area contributed by atoms with Gasteiger partial charge in [0.05, 0.1) is 6.61 Å². The average molecular weight is 414 g/mol. The van der Waals surface area contributed by atoms with E-state index in [0.29, 0.717) is 30.3 Å². The zero-order valence-electron chi connectivity index (χ0n) is 16.8. The first-order chi connectivity index (χ1) is 14.5. The minimum atomic E-state index is -0.715. The molecular weight excluding hydrogens is 391 g/mol. The molecule has 1 atom stereocenters. The number of halogens is 1. The van der Waals surface area contributed by atoms with Gasteiger partial charge in [0.2, 0.25) is 5.91 Å². The van der Waals surface area contributed by atoms with E-state index in [1.165, 1.54) is 12.1 Å². The maximum absolute atomic E-state index is 13.0. The third-order valence-electron chi connectivity index (χ3n) is 4.31. The van der Waals surface area contributed by atoms with Crippen LogP contribution >= 0.6 is 0 Å². The lowest BCUT2D eigenvalue weighted by Gasteiger charge is -2.12. The third-order valence-corrected chi connectivity index (χ3v) is 4.31. The van der Waals surface area contributed by atoms with Crippen molar-refractivity contribution >= 4 is 23.3 Å². The Hall–Kier alpha value is -3.56. The predicted octanol–water partition coefficient (Wildman–Crippen LogP) is 1.88. The van der Waals surface area contributed by atoms with Gasteiger partial charge in [0.1, 0.15) is 17.7 Å². The van der Waals surface area contributed by atoms with Gasteiger partial charge < -0.3 is 15.4 Å². The second-order valence-electron chi connectivity index (χ2n) is 6.63. The van der Waals surface area contributed by atoms with Gasteiger partial charge in [-0.15, -0.1) is 15.3 Å². The third kappa shape index (κ3) is 5.49. The molecule has 2 heterocycles. The van der Waals surface area contributed by atoms with Gasteiger partial charge in [-0.25, -0.2) is 9.18 Å². The number of carbonyl (C=O) groups excluding carboxylic acids is 2. The van der Waals surface area contributed by atoms with Crippen LogP contribution in [0, 0.1) is 5.82 Å². The summed E-state index contributed by atoms with van der Waals surface area (Å²) in [4.78, 5) is 23.7. The average Bonchev–Trinajstić information content (AvgIpc) is 3.14. The Labute approximate surface area is 172 Å². The molecule has 3 aromatic rings. The Kier molecular flexibility index (Phi) is 6.89. The molecule has 2 aromatic heterocycles. The monoisotopic (exact) mass is 414 g/mol. The number of benzene rings is 1. The zero-order valence-corrected chi connectivity index (χ0v) is 16.8. The molecule has 0 saturated heterocycles. The fraction of sp³-hybridized carbons (Fsp3) is 0.350. The van der Waals surface area contributed by atoms with E-state index >= 15 is 0 Å². The molecule has 0 fully saturated rings. The van der Waals surface area contributed by atoms with Crippen molar-refractivity contribution in [3.8, 4) is 0 Å². The van der Waals surface area contributed by atoms with Gasteiger partial charge in [-0.2, -0.15) is 4.52 Å². The van der Waals surface area contributed by atoms with Crippen LogP contribution in [0.4, 0.5) is 10.2 Å². The van der Waals surface area contributed by atoms with Crippen molar-refractivity contribution in [2.24, 2.45) is 0 Å². The van der Waals surface area contributed by atoms with Crippen LogP contribution in [0.5, 0.6) is 0 Å². The summed E-state index contributed by atoms with van der Waals surface area (Å²) in [6.45, 7) is 4.01. The Bertz CT molecular complexity index is 1020. The summed E-state index contributed by atoms with van der Waals surface area (Å²) < 4.78 is 19.4. The Balaban J connectivity index is 1.59. The highest BCUT2D eigenvalue weighted by atomic mass is 19.1. The summed E-state index contributed by atoms with van der Waals surface area (Å²) in [5.41, 5.74) is 1.47. The number of fused-ring (bicyclic) bond motifs is 1. The number of nitrogens with zero attached hydrogens (tertiary/aromatic N) is 4. The SMILES string of the molecule is CCOC(=O)C(C)NC(=O)CCc1nnc2ccc(NCc3ccc(F)cc3)nn12. The standard InChI is InChI=1S/C20H23FN6O3/c1-3-30-20(29)13(2)23-19(28)11-10-18-25-24-17-9-8-16(26-27(17)18)22-12-14-4-6-15(21)7-5-14/h4-9,13H,3,10-12H2,1-2H3,(H,22,26)(H,23,28). The van der Waals surface area contributed by atoms with Crippen molar-refractivity contribution < 1.29 is 18.7 Å². The van der Waals surface area contributed by atoms with Gasteiger partial charge in [-0.05, 0) is 43.7 Å². The normalized spacial score (nSPS) is 11.8. The minimum Gasteiger partial charge on any atom is -0.464 e. The number of aromatic nitrogens is 4. The van der Waals surface area contributed by atoms with E-state index in [0.717, 1.165) is 5.56 Å². The lowest BCUT2D eigenvalue weighted by molar-refractivity contribution is -0.146. The number of amides is 1. The number of ether oxygens (including phenoxy) is 1. The number of rotatable bonds is 9. The van der Waals surface area contributed by atoms with E-state index in [1.807, 2.05) is 0 Å². The van der Waals surface area contributed by atoms with Crippen molar-refractivity contribution in [3.63, 3.8) is 0 Å². The molecule has 9 nitrogen and oxygen atoms in total. The number of carbonyl (C=O) groups is 2. The summed E-state index contributed by atoms with van der Waals surface area (Å²) in [5, 5.41) is 18.4. The van der Waals surface area contributed by atoms with Crippen molar-refractivity contribution in [2.45, 2.75) is 39.3 Å². The first-order valence-electron chi connectivity index (χ1n) is 9.62. The second-order valence-corrected chi connectivity index (χ2v) is 6.63. The molecule has 30 heavy (non-hydrogen) atoms. The van der Waals surface area contributed by atoms with Crippen LogP contribution in [0.2, 0.25) is 0 Å². The van der Waals surface area contributed by atoms with Crippen molar-refractivity contribution in [1.82, 2.24) is 25.1 Å².